The summed E-state index contributed by atoms with van der Waals surface area (Å²) in [6.07, 6.45) is 0.374. The summed E-state index contributed by atoms with van der Waals surface area (Å²) in [5, 5.41) is 0.937. The molecule has 0 aliphatic carbocycles. The summed E-state index contributed by atoms with van der Waals surface area (Å²) in [4.78, 5) is 11.5. The molecule has 0 aliphatic rings. The van der Waals surface area contributed by atoms with E-state index in [1.165, 1.54) is 0 Å². The smallest absolute Gasteiger partial charge is 0.342 e. The second-order valence-corrected chi connectivity index (χ2v) is 4.12. The summed E-state index contributed by atoms with van der Waals surface area (Å²) in [5.41, 5.74) is 3.82. The summed E-state index contributed by atoms with van der Waals surface area (Å²) >= 11 is 11.7. The maximum absolute atomic E-state index is 11.5. The SMILES string of the molecule is C=C=C(Cc1ccc(Cl)c(Cl)c1)C(=O)OCC. The molecule has 0 aliphatic heterocycles. The molecule has 2 nitrogen and oxygen atoms in total. The van der Waals surface area contributed by atoms with Gasteiger partial charge in [-0.25, -0.2) is 4.79 Å². The highest BCUT2D eigenvalue weighted by molar-refractivity contribution is 6.42. The van der Waals surface area contributed by atoms with Gasteiger partial charge in [-0.1, -0.05) is 35.8 Å². The van der Waals surface area contributed by atoms with Crippen molar-refractivity contribution in [2.45, 2.75) is 13.3 Å². The maximum atomic E-state index is 11.5. The van der Waals surface area contributed by atoms with Crippen molar-refractivity contribution in [1.82, 2.24) is 0 Å². The summed E-state index contributed by atoms with van der Waals surface area (Å²) in [6.45, 7) is 5.55. The molecule has 1 rings (SSSR count). The fraction of sp³-hybridized carbons (Fsp3) is 0.231. The van der Waals surface area contributed by atoms with Crippen LogP contribution in [0.2, 0.25) is 10.0 Å². The summed E-state index contributed by atoms with van der Waals surface area (Å²) in [5.74, 6) is -0.409. The number of hydrogen-bond acceptors (Lipinski definition) is 2. The zero-order valence-electron chi connectivity index (χ0n) is 9.43. The first kappa shape index (κ1) is 13.9. The van der Waals surface area contributed by atoms with Gasteiger partial charge in [0.2, 0.25) is 0 Å². The average Bonchev–Trinajstić information content (AvgIpc) is 2.30. The minimum atomic E-state index is -0.409. The average molecular weight is 271 g/mol. The van der Waals surface area contributed by atoms with E-state index in [-0.39, 0.29) is 0 Å². The van der Waals surface area contributed by atoms with Gasteiger partial charge in [-0.3, -0.25) is 0 Å². The highest BCUT2D eigenvalue weighted by Gasteiger charge is 2.11. The van der Waals surface area contributed by atoms with Crippen molar-refractivity contribution in [3.8, 4) is 0 Å². The Kier molecular flexibility index (Phi) is 5.30. The highest BCUT2D eigenvalue weighted by Crippen LogP contribution is 2.23. The molecule has 0 bridgehead atoms. The van der Waals surface area contributed by atoms with Crippen molar-refractivity contribution in [1.29, 1.82) is 0 Å². The molecule has 0 amide bonds. The number of carbonyl (C=O) groups is 1. The van der Waals surface area contributed by atoms with E-state index in [4.69, 9.17) is 27.9 Å². The molecular weight excluding hydrogens is 259 g/mol. The Labute approximate surface area is 110 Å². The molecule has 0 spiro atoms. The van der Waals surface area contributed by atoms with Gasteiger partial charge in [0, 0.05) is 6.42 Å². The van der Waals surface area contributed by atoms with Gasteiger partial charge < -0.3 is 4.74 Å². The third kappa shape index (κ3) is 3.94. The minimum Gasteiger partial charge on any atom is -0.462 e. The molecule has 0 heterocycles. The van der Waals surface area contributed by atoms with Gasteiger partial charge in [0.1, 0.15) is 0 Å². The lowest BCUT2D eigenvalue weighted by Gasteiger charge is -2.05. The standard InChI is InChI=1S/C13H12Cl2O2/c1-3-10(13(16)17-4-2)7-9-5-6-11(14)12(15)8-9/h5-6,8H,1,4,7H2,2H3. The van der Waals surface area contributed by atoms with E-state index in [1.807, 2.05) is 0 Å². The van der Waals surface area contributed by atoms with Gasteiger partial charge in [-0.15, -0.1) is 5.73 Å². The lowest BCUT2D eigenvalue weighted by Crippen LogP contribution is -2.09. The minimum absolute atomic E-state index is 0.325. The first-order valence-electron chi connectivity index (χ1n) is 5.08. The Balaban J connectivity index is 2.85. The normalized spacial score (nSPS) is 9.59. The van der Waals surface area contributed by atoms with Gasteiger partial charge in [0.05, 0.1) is 22.2 Å². The van der Waals surface area contributed by atoms with Gasteiger partial charge in [0.15, 0.2) is 0 Å². The van der Waals surface area contributed by atoms with Crippen molar-refractivity contribution in [3.05, 3.63) is 51.7 Å². The van der Waals surface area contributed by atoms with Crippen molar-refractivity contribution < 1.29 is 9.53 Å². The second kappa shape index (κ2) is 6.51. The first-order valence-corrected chi connectivity index (χ1v) is 5.84. The van der Waals surface area contributed by atoms with E-state index in [2.05, 4.69) is 12.3 Å². The molecule has 1 aromatic carbocycles. The number of ether oxygens (including phenoxy) is 1. The highest BCUT2D eigenvalue weighted by atomic mass is 35.5. The van der Waals surface area contributed by atoms with Crippen molar-refractivity contribution in [3.63, 3.8) is 0 Å². The Morgan fingerprint density at radius 3 is 2.65 bits per heavy atom. The zero-order chi connectivity index (χ0) is 12.8. The molecule has 0 saturated carbocycles. The maximum Gasteiger partial charge on any atom is 0.342 e. The molecule has 0 fully saturated rings. The van der Waals surface area contributed by atoms with Crippen molar-refractivity contribution in [2.24, 2.45) is 0 Å². The van der Waals surface area contributed by atoms with E-state index in [1.54, 1.807) is 25.1 Å². The van der Waals surface area contributed by atoms with Gasteiger partial charge in [0.25, 0.3) is 0 Å². The molecule has 0 saturated heterocycles. The van der Waals surface area contributed by atoms with Gasteiger partial charge in [-0.2, -0.15) is 0 Å². The predicted molar refractivity (Wildman–Crippen MR) is 69.5 cm³/mol. The van der Waals surface area contributed by atoms with Crippen LogP contribution in [0.4, 0.5) is 0 Å². The molecular formula is C13H12Cl2O2. The van der Waals surface area contributed by atoms with E-state index in [0.29, 0.717) is 28.6 Å². The fourth-order valence-corrected chi connectivity index (χ4v) is 1.60. The van der Waals surface area contributed by atoms with Crippen LogP contribution in [-0.4, -0.2) is 12.6 Å². The largest absolute Gasteiger partial charge is 0.462 e. The topological polar surface area (TPSA) is 26.3 Å². The third-order valence-corrected chi connectivity index (χ3v) is 2.84. The Bertz CT molecular complexity index is 474. The van der Waals surface area contributed by atoms with E-state index in [0.717, 1.165) is 5.56 Å². The van der Waals surface area contributed by atoms with Gasteiger partial charge in [-0.05, 0) is 24.6 Å². The lowest BCUT2D eigenvalue weighted by atomic mass is 10.1. The van der Waals surface area contributed by atoms with Crippen LogP contribution < -0.4 is 0 Å². The van der Waals surface area contributed by atoms with E-state index >= 15 is 0 Å². The number of rotatable bonds is 4. The fourth-order valence-electron chi connectivity index (χ4n) is 1.28. The summed E-state index contributed by atoms with van der Waals surface area (Å²) in [7, 11) is 0. The zero-order valence-corrected chi connectivity index (χ0v) is 10.9. The molecule has 17 heavy (non-hydrogen) atoms. The van der Waals surface area contributed by atoms with Crippen LogP contribution >= 0.6 is 23.2 Å². The molecule has 1 aromatic rings. The Morgan fingerprint density at radius 2 is 2.12 bits per heavy atom. The first-order chi connectivity index (χ1) is 8.08. The van der Waals surface area contributed by atoms with Crippen LogP contribution in [0.5, 0.6) is 0 Å². The number of halogens is 2. The van der Waals surface area contributed by atoms with Crippen molar-refractivity contribution >= 4 is 29.2 Å². The quantitative estimate of drug-likeness (QED) is 0.473. The van der Waals surface area contributed by atoms with E-state index in [9.17, 15) is 4.79 Å². The van der Waals surface area contributed by atoms with Crippen LogP contribution in [0.1, 0.15) is 12.5 Å². The second-order valence-electron chi connectivity index (χ2n) is 3.30. The Hall–Kier alpha value is -1.21. The van der Waals surface area contributed by atoms with E-state index < -0.39 is 5.97 Å². The molecule has 0 N–H and O–H groups in total. The van der Waals surface area contributed by atoms with Crippen LogP contribution in [0.3, 0.4) is 0 Å². The summed E-state index contributed by atoms with van der Waals surface area (Å²) < 4.78 is 4.88. The van der Waals surface area contributed by atoms with Gasteiger partial charge >= 0.3 is 5.97 Å². The third-order valence-electron chi connectivity index (χ3n) is 2.10. The predicted octanol–water partition coefficient (Wildman–Crippen LogP) is 3.81. The molecule has 0 unspecified atom stereocenters. The number of hydrogen-bond donors (Lipinski definition) is 0. The van der Waals surface area contributed by atoms with Crippen molar-refractivity contribution in [2.75, 3.05) is 6.61 Å². The molecule has 0 aromatic heterocycles. The molecule has 90 valence electrons. The lowest BCUT2D eigenvalue weighted by molar-refractivity contribution is -0.138. The molecule has 0 radical (unpaired) electrons. The Morgan fingerprint density at radius 1 is 1.41 bits per heavy atom. The summed E-state index contributed by atoms with van der Waals surface area (Å²) in [6, 6.07) is 5.19. The van der Waals surface area contributed by atoms with Crippen LogP contribution in [0.25, 0.3) is 0 Å². The number of esters is 1. The van der Waals surface area contributed by atoms with Crippen LogP contribution in [0.15, 0.2) is 36.1 Å². The monoisotopic (exact) mass is 270 g/mol. The molecule has 0 atom stereocenters. The number of benzene rings is 1. The van der Waals surface area contributed by atoms with Crippen LogP contribution in [0, 0.1) is 0 Å². The molecule has 4 heteroatoms. The number of carbonyl (C=O) groups excluding carboxylic acids is 1. The van der Waals surface area contributed by atoms with Crippen LogP contribution in [-0.2, 0) is 16.0 Å².